The first kappa shape index (κ1) is 10.4. The lowest BCUT2D eigenvalue weighted by Crippen LogP contribution is -2.18. The van der Waals surface area contributed by atoms with Gasteiger partial charge in [0, 0.05) is 5.56 Å². The molecule has 17 heavy (non-hydrogen) atoms. The van der Waals surface area contributed by atoms with Gasteiger partial charge in [-0.05, 0) is 43.5 Å². The summed E-state index contributed by atoms with van der Waals surface area (Å²) >= 11 is 0. The van der Waals surface area contributed by atoms with Crippen molar-refractivity contribution in [2.75, 3.05) is 0 Å². The summed E-state index contributed by atoms with van der Waals surface area (Å²) in [5.41, 5.74) is 6.93. The van der Waals surface area contributed by atoms with E-state index in [9.17, 15) is 4.39 Å². The van der Waals surface area contributed by atoms with Crippen LogP contribution in [0.2, 0.25) is 0 Å². The molecule has 2 aromatic rings. The molecule has 1 aromatic heterocycles. The second-order valence-electron chi connectivity index (χ2n) is 4.60. The van der Waals surface area contributed by atoms with Crippen LogP contribution >= 0.6 is 0 Å². The summed E-state index contributed by atoms with van der Waals surface area (Å²) in [7, 11) is 0. The van der Waals surface area contributed by atoms with Gasteiger partial charge in [-0.15, -0.1) is 0 Å². The van der Waals surface area contributed by atoms with Crippen LogP contribution in [0.25, 0.3) is 11.4 Å². The fourth-order valence-corrected chi connectivity index (χ4v) is 1.76. The van der Waals surface area contributed by atoms with E-state index in [2.05, 4.69) is 10.1 Å². The zero-order valence-corrected chi connectivity index (χ0v) is 9.40. The van der Waals surface area contributed by atoms with Crippen molar-refractivity contribution >= 4 is 0 Å². The Labute approximate surface area is 97.6 Å². The summed E-state index contributed by atoms with van der Waals surface area (Å²) in [5.74, 6) is 0.522. The van der Waals surface area contributed by atoms with Gasteiger partial charge < -0.3 is 10.3 Å². The Bertz CT molecular complexity index is 555. The highest BCUT2D eigenvalue weighted by atomic mass is 19.1. The quantitative estimate of drug-likeness (QED) is 0.863. The normalized spacial score (nSPS) is 17.1. The molecule has 88 valence electrons. The topological polar surface area (TPSA) is 64.9 Å². The van der Waals surface area contributed by atoms with E-state index in [4.69, 9.17) is 10.3 Å². The molecular weight excluding hydrogens is 221 g/mol. The van der Waals surface area contributed by atoms with Gasteiger partial charge in [0.05, 0.1) is 5.54 Å². The molecule has 5 heteroatoms. The third kappa shape index (κ3) is 1.82. The molecule has 0 amide bonds. The number of rotatable bonds is 2. The van der Waals surface area contributed by atoms with Crippen molar-refractivity contribution in [2.24, 2.45) is 5.73 Å². The molecule has 0 unspecified atom stereocenters. The van der Waals surface area contributed by atoms with Crippen LogP contribution in [0.4, 0.5) is 4.39 Å². The van der Waals surface area contributed by atoms with E-state index in [1.807, 2.05) is 13.0 Å². The fraction of sp³-hybridized carbons (Fsp3) is 0.333. The number of aromatic nitrogens is 2. The first-order chi connectivity index (χ1) is 8.07. The number of halogens is 1. The van der Waals surface area contributed by atoms with Gasteiger partial charge in [-0.2, -0.15) is 4.98 Å². The molecule has 0 spiro atoms. The maximum absolute atomic E-state index is 13.3. The molecule has 1 aliphatic rings. The van der Waals surface area contributed by atoms with Crippen LogP contribution in [0.3, 0.4) is 0 Å². The molecule has 4 nitrogen and oxygen atoms in total. The minimum Gasteiger partial charge on any atom is -0.337 e. The van der Waals surface area contributed by atoms with Crippen molar-refractivity contribution in [2.45, 2.75) is 25.3 Å². The van der Waals surface area contributed by atoms with Crippen LogP contribution in [-0.2, 0) is 5.54 Å². The van der Waals surface area contributed by atoms with Gasteiger partial charge in [-0.25, -0.2) is 4.39 Å². The Kier molecular flexibility index (Phi) is 2.06. The van der Waals surface area contributed by atoms with Crippen LogP contribution in [-0.4, -0.2) is 10.1 Å². The van der Waals surface area contributed by atoms with Gasteiger partial charge in [0.15, 0.2) is 0 Å². The molecule has 1 aliphatic carbocycles. The van der Waals surface area contributed by atoms with E-state index in [1.165, 1.54) is 12.1 Å². The van der Waals surface area contributed by atoms with E-state index >= 15 is 0 Å². The van der Waals surface area contributed by atoms with E-state index in [1.54, 1.807) is 0 Å². The average Bonchev–Trinajstić information content (AvgIpc) is 2.82. The largest absolute Gasteiger partial charge is 0.337 e. The second kappa shape index (κ2) is 3.37. The Morgan fingerprint density at radius 1 is 1.35 bits per heavy atom. The highest BCUT2D eigenvalue weighted by Crippen LogP contribution is 2.42. The van der Waals surface area contributed by atoms with Crippen LogP contribution < -0.4 is 5.73 Å². The van der Waals surface area contributed by atoms with Crippen LogP contribution in [0, 0.1) is 12.7 Å². The smallest absolute Gasteiger partial charge is 0.247 e. The Hall–Kier alpha value is -1.75. The highest BCUT2D eigenvalue weighted by molar-refractivity contribution is 5.55. The number of hydrogen-bond acceptors (Lipinski definition) is 4. The standard InChI is InChI=1S/C12H12FN3O/c1-7-4-8(6-9(13)5-7)10-15-11(17-16-10)12(14)2-3-12/h4-6H,2-3,14H2,1H3. The van der Waals surface area contributed by atoms with Gasteiger partial charge in [0.1, 0.15) is 5.82 Å². The monoisotopic (exact) mass is 233 g/mol. The third-order valence-corrected chi connectivity index (χ3v) is 2.94. The Morgan fingerprint density at radius 3 is 2.76 bits per heavy atom. The minimum absolute atomic E-state index is 0.305. The van der Waals surface area contributed by atoms with E-state index in [0.717, 1.165) is 18.4 Å². The lowest BCUT2D eigenvalue weighted by molar-refractivity contribution is 0.348. The summed E-state index contributed by atoms with van der Waals surface area (Å²) < 4.78 is 18.4. The van der Waals surface area contributed by atoms with Gasteiger partial charge in [0.25, 0.3) is 0 Å². The summed E-state index contributed by atoms with van der Waals surface area (Å²) in [5, 5.41) is 3.84. The lowest BCUT2D eigenvalue weighted by Gasteiger charge is -1.99. The first-order valence-electron chi connectivity index (χ1n) is 5.47. The fourth-order valence-electron chi connectivity index (χ4n) is 1.76. The number of nitrogens with zero attached hydrogens (tertiary/aromatic N) is 2. The number of benzene rings is 1. The molecule has 0 aliphatic heterocycles. The third-order valence-electron chi connectivity index (χ3n) is 2.94. The number of nitrogens with two attached hydrogens (primary N) is 1. The molecule has 0 bridgehead atoms. The molecule has 3 rings (SSSR count). The van der Waals surface area contributed by atoms with Crippen molar-refractivity contribution < 1.29 is 8.91 Å². The van der Waals surface area contributed by atoms with E-state index < -0.39 is 5.54 Å². The van der Waals surface area contributed by atoms with Crippen molar-refractivity contribution in [3.05, 3.63) is 35.5 Å². The lowest BCUT2D eigenvalue weighted by atomic mass is 10.1. The molecule has 1 aromatic carbocycles. The van der Waals surface area contributed by atoms with E-state index in [0.29, 0.717) is 17.3 Å². The molecule has 1 heterocycles. The van der Waals surface area contributed by atoms with Crippen LogP contribution in [0.1, 0.15) is 24.3 Å². The SMILES string of the molecule is Cc1cc(F)cc(-c2noc(C3(N)CC3)n2)c1. The summed E-state index contributed by atoms with van der Waals surface area (Å²) in [6, 6.07) is 4.65. The zero-order valence-electron chi connectivity index (χ0n) is 9.40. The van der Waals surface area contributed by atoms with Crippen molar-refractivity contribution in [3.8, 4) is 11.4 Å². The maximum atomic E-state index is 13.3. The molecule has 0 radical (unpaired) electrons. The predicted molar refractivity (Wildman–Crippen MR) is 59.5 cm³/mol. The average molecular weight is 233 g/mol. The minimum atomic E-state index is -0.451. The summed E-state index contributed by atoms with van der Waals surface area (Å²) in [6.07, 6.45) is 1.72. The van der Waals surface area contributed by atoms with Gasteiger partial charge >= 0.3 is 0 Å². The number of aryl methyl sites for hydroxylation is 1. The molecule has 2 N–H and O–H groups in total. The first-order valence-corrected chi connectivity index (χ1v) is 5.47. The van der Waals surface area contributed by atoms with Crippen molar-refractivity contribution in [3.63, 3.8) is 0 Å². The second-order valence-corrected chi connectivity index (χ2v) is 4.60. The summed E-state index contributed by atoms with van der Waals surface area (Å²) in [6.45, 7) is 1.82. The maximum Gasteiger partial charge on any atom is 0.247 e. The molecule has 0 atom stereocenters. The van der Waals surface area contributed by atoms with Gasteiger partial charge in [-0.1, -0.05) is 5.16 Å². The summed E-state index contributed by atoms with van der Waals surface area (Å²) in [4.78, 5) is 4.23. The van der Waals surface area contributed by atoms with Gasteiger partial charge in [-0.3, -0.25) is 0 Å². The molecular formula is C12H12FN3O. The van der Waals surface area contributed by atoms with E-state index in [-0.39, 0.29) is 5.82 Å². The number of hydrogen-bond donors (Lipinski definition) is 1. The van der Waals surface area contributed by atoms with Crippen LogP contribution in [0.15, 0.2) is 22.7 Å². The van der Waals surface area contributed by atoms with Crippen LogP contribution in [0.5, 0.6) is 0 Å². The molecule has 1 saturated carbocycles. The Balaban J connectivity index is 2.00. The molecule has 1 fully saturated rings. The highest BCUT2D eigenvalue weighted by Gasteiger charge is 2.45. The zero-order chi connectivity index (χ0) is 12.0. The van der Waals surface area contributed by atoms with Crippen molar-refractivity contribution in [1.29, 1.82) is 0 Å². The van der Waals surface area contributed by atoms with Crippen molar-refractivity contribution in [1.82, 2.24) is 10.1 Å². The Morgan fingerprint density at radius 2 is 2.12 bits per heavy atom. The predicted octanol–water partition coefficient (Wildman–Crippen LogP) is 2.13. The molecule has 0 saturated heterocycles. The van der Waals surface area contributed by atoms with Gasteiger partial charge in [0.2, 0.25) is 11.7 Å².